The van der Waals surface area contributed by atoms with E-state index >= 15 is 0 Å². The number of rotatable bonds is 6. The van der Waals surface area contributed by atoms with Crippen LogP contribution in [-0.4, -0.2) is 17.8 Å². The second-order valence-corrected chi connectivity index (χ2v) is 6.99. The van der Waals surface area contributed by atoms with Crippen LogP contribution in [0.2, 0.25) is 0 Å². The Morgan fingerprint density at radius 2 is 1.74 bits per heavy atom. The molecule has 0 radical (unpaired) electrons. The van der Waals surface area contributed by atoms with E-state index in [0.717, 1.165) is 16.9 Å². The molecule has 0 bridgehead atoms. The van der Waals surface area contributed by atoms with Gasteiger partial charge in [-0.15, -0.1) is 0 Å². The molecule has 31 heavy (non-hydrogen) atoms. The Morgan fingerprint density at radius 1 is 1.03 bits per heavy atom. The maximum absolute atomic E-state index is 12.7. The number of ketones is 1. The van der Waals surface area contributed by atoms with Crippen LogP contribution in [0.4, 0.5) is 5.69 Å². The van der Waals surface area contributed by atoms with E-state index in [1.165, 1.54) is 12.1 Å². The molecule has 7 heteroatoms. The number of fused-ring (bicyclic) bond motifs is 1. The lowest BCUT2D eigenvalue weighted by atomic mass is 10.1. The number of methoxy groups -OCH3 is 1. The van der Waals surface area contributed by atoms with E-state index in [1.54, 1.807) is 37.5 Å². The first-order chi connectivity index (χ1) is 15.0. The van der Waals surface area contributed by atoms with Gasteiger partial charge < -0.3 is 14.2 Å². The van der Waals surface area contributed by atoms with Crippen LogP contribution in [0.1, 0.15) is 27.0 Å². The highest BCUT2D eigenvalue weighted by Crippen LogP contribution is 2.39. The topological polar surface area (TPSA) is 87.9 Å². The molecule has 0 N–H and O–H groups in total. The van der Waals surface area contributed by atoms with E-state index < -0.39 is 4.92 Å². The Balaban J connectivity index is 1.51. The van der Waals surface area contributed by atoms with Crippen molar-refractivity contribution < 1.29 is 23.9 Å². The lowest BCUT2D eigenvalue weighted by molar-refractivity contribution is -0.384. The number of hydrogen-bond donors (Lipinski definition) is 0. The molecule has 0 fully saturated rings. The molecule has 3 aromatic carbocycles. The normalized spacial score (nSPS) is 13.6. The van der Waals surface area contributed by atoms with Crippen molar-refractivity contribution in [1.82, 2.24) is 0 Å². The van der Waals surface area contributed by atoms with Crippen molar-refractivity contribution in [2.45, 2.75) is 13.5 Å². The number of non-ortho nitro benzene ring substituents is 1. The van der Waals surface area contributed by atoms with E-state index in [2.05, 4.69) is 0 Å². The van der Waals surface area contributed by atoms with Crippen molar-refractivity contribution in [3.05, 3.63) is 98.8 Å². The number of allylic oxidation sites excluding steroid dienone is 1. The van der Waals surface area contributed by atoms with Crippen molar-refractivity contribution in [2.75, 3.05) is 7.11 Å². The second kappa shape index (κ2) is 8.31. The molecule has 0 aliphatic carbocycles. The fourth-order valence-electron chi connectivity index (χ4n) is 3.25. The largest absolute Gasteiger partial charge is 0.497 e. The Bertz CT molecular complexity index is 1180. The van der Waals surface area contributed by atoms with E-state index in [-0.39, 0.29) is 23.8 Å². The SMILES string of the molecule is COc1ccc(/C=C2\Oc3c(ccc(OCc4ccc([N+](=O)[O-])cc4)c3C)C2=O)cc1. The zero-order valence-corrected chi connectivity index (χ0v) is 17.0. The minimum atomic E-state index is -0.444. The van der Waals surface area contributed by atoms with Crippen LogP contribution >= 0.6 is 0 Å². The predicted octanol–water partition coefficient (Wildman–Crippen LogP) is 5.11. The predicted molar refractivity (Wildman–Crippen MR) is 115 cm³/mol. The average Bonchev–Trinajstić information content (AvgIpc) is 3.10. The summed E-state index contributed by atoms with van der Waals surface area (Å²) in [5.74, 6) is 1.85. The van der Waals surface area contributed by atoms with Crippen molar-refractivity contribution >= 4 is 17.5 Å². The number of benzene rings is 3. The summed E-state index contributed by atoms with van der Waals surface area (Å²) in [5, 5.41) is 10.8. The second-order valence-electron chi connectivity index (χ2n) is 6.99. The number of carbonyl (C=O) groups excluding carboxylic acids is 1. The zero-order chi connectivity index (χ0) is 22.0. The van der Waals surface area contributed by atoms with Crippen LogP contribution in [-0.2, 0) is 6.61 Å². The van der Waals surface area contributed by atoms with Gasteiger partial charge >= 0.3 is 0 Å². The third kappa shape index (κ3) is 4.11. The van der Waals surface area contributed by atoms with E-state index in [9.17, 15) is 14.9 Å². The van der Waals surface area contributed by atoms with Crippen LogP contribution in [0, 0.1) is 17.0 Å². The fraction of sp³-hybridized carbons (Fsp3) is 0.125. The highest BCUT2D eigenvalue weighted by atomic mass is 16.6. The van der Waals surface area contributed by atoms with E-state index in [1.807, 2.05) is 31.2 Å². The van der Waals surface area contributed by atoms with E-state index in [0.29, 0.717) is 22.6 Å². The number of carbonyl (C=O) groups is 1. The van der Waals surface area contributed by atoms with Gasteiger partial charge in [-0.05, 0) is 60.5 Å². The maximum atomic E-state index is 12.7. The third-order valence-corrected chi connectivity index (χ3v) is 4.99. The molecule has 0 unspecified atom stereocenters. The Labute approximate surface area is 178 Å². The van der Waals surface area contributed by atoms with Gasteiger partial charge in [-0.1, -0.05) is 12.1 Å². The summed E-state index contributed by atoms with van der Waals surface area (Å²) in [6.45, 7) is 2.06. The standard InChI is InChI=1S/C24H19NO6/c1-15-21(30-14-17-3-7-18(8-4-17)25(27)28)12-11-20-23(26)22(31-24(15)20)13-16-5-9-19(29-2)10-6-16/h3-13H,14H2,1-2H3/b22-13-. The van der Waals surface area contributed by atoms with Crippen molar-refractivity contribution in [3.63, 3.8) is 0 Å². The quantitative estimate of drug-likeness (QED) is 0.315. The molecule has 4 rings (SSSR count). The number of hydrogen-bond acceptors (Lipinski definition) is 6. The molecule has 0 aromatic heterocycles. The molecule has 0 saturated carbocycles. The van der Waals surface area contributed by atoms with Gasteiger partial charge in [0.15, 0.2) is 5.76 Å². The highest BCUT2D eigenvalue weighted by molar-refractivity contribution is 6.14. The highest BCUT2D eigenvalue weighted by Gasteiger charge is 2.30. The summed E-state index contributed by atoms with van der Waals surface area (Å²) in [5.41, 5.74) is 2.85. The summed E-state index contributed by atoms with van der Waals surface area (Å²) >= 11 is 0. The van der Waals surface area contributed by atoms with Crippen LogP contribution in [0.15, 0.2) is 66.4 Å². The van der Waals surface area contributed by atoms with Crippen LogP contribution in [0.3, 0.4) is 0 Å². The van der Waals surface area contributed by atoms with Gasteiger partial charge in [0, 0.05) is 17.7 Å². The Kier molecular flexibility index (Phi) is 5.41. The first-order valence-corrected chi connectivity index (χ1v) is 9.54. The first kappa shape index (κ1) is 20.2. The Morgan fingerprint density at radius 3 is 2.39 bits per heavy atom. The lowest BCUT2D eigenvalue weighted by Crippen LogP contribution is -1.99. The zero-order valence-electron chi connectivity index (χ0n) is 17.0. The minimum absolute atomic E-state index is 0.0283. The summed E-state index contributed by atoms with van der Waals surface area (Å²) in [6, 6.07) is 16.9. The fourth-order valence-corrected chi connectivity index (χ4v) is 3.25. The molecule has 1 heterocycles. The number of nitro benzene ring substituents is 1. The first-order valence-electron chi connectivity index (χ1n) is 9.54. The molecular formula is C24H19NO6. The van der Waals surface area contributed by atoms with E-state index in [4.69, 9.17) is 14.2 Å². The van der Waals surface area contributed by atoms with Gasteiger partial charge in [-0.3, -0.25) is 14.9 Å². The summed E-state index contributed by atoms with van der Waals surface area (Å²) in [6.07, 6.45) is 1.69. The van der Waals surface area contributed by atoms with Crippen molar-refractivity contribution in [2.24, 2.45) is 0 Å². The summed E-state index contributed by atoms with van der Waals surface area (Å²) in [7, 11) is 1.60. The van der Waals surface area contributed by atoms with Gasteiger partial charge in [0.2, 0.25) is 5.78 Å². The molecule has 0 saturated heterocycles. The monoisotopic (exact) mass is 417 g/mol. The number of ether oxygens (including phenoxy) is 3. The number of Topliss-reactive ketones (excluding diaryl/α,β-unsaturated/α-hetero) is 1. The summed E-state index contributed by atoms with van der Waals surface area (Å²) in [4.78, 5) is 23.1. The van der Waals surface area contributed by atoms with Crippen LogP contribution < -0.4 is 14.2 Å². The van der Waals surface area contributed by atoms with Crippen molar-refractivity contribution in [1.29, 1.82) is 0 Å². The van der Waals surface area contributed by atoms with Gasteiger partial charge in [0.1, 0.15) is 23.9 Å². The third-order valence-electron chi connectivity index (χ3n) is 4.99. The molecule has 0 amide bonds. The smallest absolute Gasteiger partial charge is 0.269 e. The molecule has 156 valence electrons. The molecule has 0 atom stereocenters. The minimum Gasteiger partial charge on any atom is -0.497 e. The number of nitrogens with zero attached hydrogens (tertiary/aromatic N) is 1. The van der Waals surface area contributed by atoms with Gasteiger partial charge in [-0.2, -0.15) is 0 Å². The number of nitro groups is 1. The average molecular weight is 417 g/mol. The molecule has 7 nitrogen and oxygen atoms in total. The van der Waals surface area contributed by atoms with Gasteiger partial charge in [0.25, 0.3) is 5.69 Å². The molecule has 1 aliphatic heterocycles. The molecule has 1 aliphatic rings. The van der Waals surface area contributed by atoms with Crippen LogP contribution in [0.5, 0.6) is 17.2 Å². The molecular weight excluding hydrogens is 398 g/mol. The molecule has 3 aromatic rings. The Hall–Kier alpha value is -4.13. The maximum Gasteiger partial charge on any atom is 0.269 e. The lowest BCUT2D eigenvalue weighted by Gasteiger charge is -2.11. The van der Waals surface area contributed by atoms with Crippen molar-refractivity contribution in [3.8, 4) is 17.2 Å². The summed E-state index contributed by atoms with van der Waals surface area (Å²) < 4.78 is 16.9. The molecule has 0 spiro atoms. The van der Waals surface area contributed by atoms with Crippen LogP contribution in [0.25, 0.3) is 6.08 Å². The van der Waals surface area contributed by atoms with Gasteiger partial charge in [-0.25, -0.2) is 0 Å². The van der Waals surface area contributed by atoms with Gasteiger partial charge in [0.05, 0.1) is 17.6 Å².